The minimum absolute atomic E-state index is 0.000182. The summed E-state index contributed by atoms with van der Waals surface area (Å²) < 4.78 is 5.48. The van der Waals surface area contributed by atoms with Gasteiger partial charge in [0.25, 0.3) is 0 Å². The maximum Gasteiger partial charge on any atom is 0.247 e. The zero-order valence-electron chi connectivity index (χ0n) is 12.7. The molecule has 2 aromatic rings. The van der Waals surface area contributed by atoms with Gasteiger partial charge in [0.05, 0.1) is 6.54 Å². The van der Waals surface area contributed by atoms with Gasteiger partial charge in [-0.3, -0.25) is 4.79 Å². The molecule has 0 aromatic carbocycles. The van der Waals surface area contributed by atoms with Crippen molar-refractivity contribution in [3.8, 4) is 0 Å². The summed E-state index contributed by atoms with van der Waals surface area (Å²) in [6.07, 6.45) is 5.31. The highest BCUT2D eigenvalue weighted by Crippen LogP contribution is 2.29. The number of amides is 1. The molecule has 0 aliphatic heterocycles. The van der Waals surface area contributed by atoms with Crippen LogP contribution in [0.4, 0.5) is 0 Å². The predicted molar refractivity (Wildman–Crippen MR) is 85.3 cm³/mol. The molecule has 0 spiro atoms. The van der Waals surface area contributed by atoms with Crippen molar-refractivity contribution in [1.29, 1.82) is 0 Å². The molecule has 2 aromatic heterocycles. The molecule has 5 nitrogen and oxygen atoms in total. The minimum Gasteiger partial charge on any atom is -0.421 e. The topological polar surface area (TPSA) is 59.2 Å². The fraction of sp³-hybridized carbons (Fsp3) is 0.438. The molecule has 116 valence electrons. The molecular weight excluding hydrogens is 298 g/mol. The fourth-order valence-electron chi connectivity index (χ4n) is 2.13. The normalized spacial score (nSPS) is 14.9. The Morgan fingerprint density at radius 1 is 1.50 bits per heavy atom. The zero-order chi connectivity index (χ0) is 15.5. The summed E-state index contributed by atoms with van der Waals surface area (Å²) in [5.41, 5.74) is 0. The lowest BCUT2D eigenvalue weighted by molar-refractivity contribution is -0.127. The monoisotopic (exact) mass is 317 g/mol. The standard InChI is InChI=1S/C16H19N3O2S/c1-11(2)16-18-17-14(21-16)7-8-15(20)19(12-5-6-12)10-13-4-3-9-22-13/h3-4,7-9,11-12H,5-6,10H2,1-2H3/b8-7+. The van der Waals surface area contributed by atoms with E-state index in [9.17, 15) is 4.79 Å². The van der Waals surface area contributed by atoms with Crippen LogP contribution in [-0.4, -0.2) is 27.0 Å². The van der Waals surface area contributed by atoms with Crippen molar-refractivity contribution in [3.63, 3.8) is 0 Å². The summed E-state index contributed by atoms with van der Waals surface area (Å²) in [4.78, 5) is 15.5. The summed E-state index contributed by atoms with van der Waals surface area (Å²) in [5.74, 6) is 1.15. The second-order valence-electron chi connectivity index (χ2n) is 5.74. The largest absolute Gasteiger partial charge is 0.421 e. The first-order chi connectivity index (χ1) is 10.6. The number of carbonyl (C=O) groups is 1. The van der Waals surface area contributed by atoms with E-state index in [-0.39, 0.29) is 11.8 Å². The second kappa shape index (κ2) is 6.44. The summed E-state index contributed by atoms with van der Waals surface area (Å²) >= 11 is 1.68. The lowest BCUT2D eigenvalue weighted by Crippen LogP contribution is -2.30. The molecule has 3 rings (SSSR count). The number of rotatable bonds is 6. The van der Waals surface area contributed by atoms with Gasteiger partial charge in [0.15, 0.2) is 0 Å². The lowest BCUT2D eigenvalue weighted by atomic mass is 10.2. The van der Waals surface area contributed by atoms with E-state index in [2.05, 4.69) is 16.3 Å². The van der Waals surface area contributed by atoms with Crippen molar-refractivity contribution < 1.29 is 9.21 Å². The predicted octanol–water partition coefficient (Wildman–Crippen LogP) is 3.46. The van der Waals surface area contributed by atoms with Crippen molar-refractivity contribution in [2.75, 3.05) is 0 Å². The molecule has 2 heterocycles. The number of nitrogens with zero attached hydrogens (tertiary/aromatic N) is 3. The lowest BCUT2D eigenvalue weighted by Gasteiger charge is -2.19. The van der Waals surface area contributed by atoms with Crippen molar-refractivity contribution in [1.82, 2.24) is 15.1 Å². The average Bonchev–Trinajstić information content (AvgIpc) is 3.02. The Hall–Kier alpha value is -1.95. The van der Waals surface area contributed by atoms with E-state index in [1.54, 1.807) is 17.4 Å². The Balaban J connectivity index is 1.66. The van der Waals surface area contributed by atoms with Crippen LogP contribution in [-0.2, 0) is 11.3 Å². The van der Waals surface area contributed by atoms with E-state index in [0.717, 1.165) is 12.8 Å². The molecule has 6 heteroatoms. The van der Waals surface area contributed by atoms with Crippen LogP contribution in [0.5, 0.6) is 0 Å². The molecule has 0 bridgehead atoms. The SMILES string of the molecule is CC(C)c1nnc(/C=C/C(=O)N(Cc2cccs2)C2CC2)o1. The first kappa shape index (κ1) is 15.0. The summed E-state index contributed by atoms with van der Waals surface area (Å²) in [5, 5.41) is 9.92. The van der Waals surface area contributed by atoms with Crippen LogP contribution in [0.2, 0.25) is 0 Å². The van der Waals surface area contributed by atoms with Gasteiger partial charge >= 0.3 is 0 Å². The first-order valence-electron chi connectivity index (χ1n) is 7.48. The third kappa shape index (κ3) is 3.62. The van der Waals surface area contributed by atoms with Gasteiger partial charge in [-0.05, 0) is 24.3 Å². The van der Waals surface area contributed by atoms with Crippen molar-refractivity contribution >= 4 is 23.3 Å². The third-order valence-corrected chi connectivity index (χ3v) is 4.36. The van der Waals surface area contributed by atoms with Gasteiger partial charge in [-0.1, -0.05) is 19.9 Å². The summed E-state index contributed by atoms with van der Waals surface area (Å²) in [7, 11) is 0. The van der Waals surface area contributed by atoms with E-state index in [1.165, 1.54) is 11.0 Å². The highest BCUT2D eigenvalue weighted by molar-refractivity contribution is 7.09. The van der Waals surface area contributed by atoms with Gasteiger partial charge in [-0.15, -0.1) is 21.5 Å². The van der Waals surface area contributed by atoms with Crippen molar-refractivity contribution in [3.05, 3.63) is 40.2 Å². The van der Waals surface area contributed by atoms with Crippen LogP contribution >= 0.6 is 11.3 Å². The van der Waals surface area contributed by atoms with Gasteiger partial charge in [-0.2, -0.15) is 0 Å². The molecule has 1 saturated carbocycles. The van der Waals surface area contributed by atoms with Crippen LogP contribution < -0.4 is 0 Å². The quantitative estimate of drug-likeness (QED) is 0.766. The number of hydrogen-bond acceptors (Lipinski definition) is 5. The molecule has 1 fully saturated rings. The molecule has 0 saturated heterocycles. The van der Waals surface area contributed by atoms with Crippen molar-refractivity contribution in [2.24, 2.45) is 0 Å². The average molecular weight is 317 g/mol. The van der Waals surface area contributed by atoms with Crippen LogP contribution in [0.25, 0.3) is 6.08 Å². The molecule has 0 atom stereocenters. The summed E-state index contributed by atoms with van der Waals surface area (Å²) in [6.45, 7) is 4.65. The van der Waals surface area contributed by atoms with E-state index >= 15 is 0 Å². The van der Waals surface area contributed by atoms with Gasteiger partial charge in [0.2, 0.25) is 17.7 Å². The summed E-state index contributed by atoms with van der Waals surface area (Å²) in [6, 6.07) is 4.44. The molecule has 0 N–H and O–H groups in total. The smallest absolute Gasteiger partial charge is 0.247 e. The van der Waals surface area contributed by atoms with Crippen LogP contribution in [0.1, 0.15) is 49.3 Å². The van der Waals surface area contributed by atoms with Crippen LogP contribution in [0, 0.1) is 0 Å². The number of hydrogen-bond donors (Lipinski definition) is 0. The van der Waals surface area contributed by atoms with Crippen LogP contribution in [0.15, 0.2) is 28.0 Å². The van der Waals surface area contributed by atoms with Gasteiger partial charge in [0.1, 0.15) is 0 Å². The molecule has 0 unspecified atom stereocenters. The van der Waals surface area contributed by atoms with Gasteiger partial charge < -0.3 is 9.32 Å². The maximum atomic E-state index is 12.4. The number of aromatic nitrogens is 2. The molecule has 1 aliphatic rings. The number of thiophene rings is 1. The highest BCUT2D eigenvalue weighted by atomic mass is 32.1. The molecular formula is C16H19N3O2S. The first-order valence-corrected chi connectivity index (χ1v) is 8.36. The van der Waals surface area contributed by atoms with Gasteiger partial charge in [-0.25, -0.2) is 0 Å². The highest BCUT2D eigenvalue weighted by Gasteiger charge is 2.31. The maximum absolute atomic E-state index is 12.4. The minimum atomic E-state index is 0.000182. The van der Waals surface area contributed by atoms with E-state index in [0.29, 0.717) is 24.4 Å². The fourth-order valence-corrected chi connectivity index (χ4v) is 2.83. The molecule has 0 radical (unpaired) electrons. The number of carbonyl (C=O) groups excluding carboxylic acids is 1. The Bertz CT molecular complexity index is 657. The Morgan fingerprint density at radius 2 is 2.32 bits per heavy atom. The van der Waals surface area contributed by atoms with Gasteiger partial charge in [0, 0.05) is 29.0 Å². The molecule has 1 aliphatic carbocycles. The van der Waals surface area contributed by atoms with E-state index < -0.39 is 0 Å². The second-order valence-corrected chi connectivity index (χ2v) is 6.78. The molecule has 1 amide bonds. The third-order valence-electron chi connectivity index (χ3n) is 3.50. The Labute approximate surface area is 133 Å². The molecule has 22 heavy (non-hydrogen) atoms. The van der Waals surface area contributed by atoms with Crippen LogP contribution in [0.3, 0.4) is 0 Å². The Kier molecular flexibility index (Phi) is 4.38. The Morgan fingerprint density at radius 3 is 2.91 bits per heavy atom. The zero-order valence-corrected chi connectivity index (χ0v) is 13.5. The van der Waals surface area contributed by atoms with E-state index in [1.807, 2.05) is 30.2 Å². The van der Waals surface area contributed by atoms with Crippen molar-refractivity contribution in [2.45, 2.75) is 45.2 Å². The van der Waals surface area contributed by atoms with E-state index in [4.69, 9.17) is 4.42 Å².